The molecular weight excluding hydrogens is 354 g/mol. The topological polar surface area (TPSA) is 21.6 Å². The summed E-state index contributed by atoms with van der Waals surface area (Å²) in [7, 11) is 0. The van der Waals surface area contributed by atoms with Crippen molar-refractivity contribution in [3.63, 3.8) is 0 Å². The Balaban J connectivity index is 1.54. The van der Waals surface area contributed by atoms with Gasteiger partial charge >= 0.3 is 0 Å². The van der Waals surface area contributed by atoms with Gasteiger partial charge in [-0.2, -0.15) is 0 Å². The smallest absolute Gasteiger partial charge is 0.119 e. The van der Waals surface area contributed by atoms with E-state index in [-0.39, 0.29) is 12.1 Å². The molecule has 4 rings (SSSR count). The normalized spacial score (nSPS) is 18.7. The lowest BCUT2D eigenvalue weighted by atomic mass is 9.91. The molecule has 0 N–H and O–H groups in total. The first-order valence-corrected chi connectivity index (χ1v) is 10.5. The second-order valence-electron chi connectivity index (χ2n) is 8.33. The molecule has 148 valence electrons. The zero-order chi connectivity index (χ0) is 20.4. The summed E-state index contributed by atoms with van der Waals surface area (Å²) in [5.74, 6) is 1.43. The van der Waals surface area contributed by atoms with Crippen molar-refractivity contribution in [2.45, 2.75) is 46.3 Å². The van der Waals surface area contributed by atoms with Gasteiger partial charge in [-0.05, 0) is 73.1 Å². The lowest BCUT2D eigenvalue weighted by molar-refractivity contribution is 0.242. The molecule has 0 aromatic heterocycles. The molecule has 0 fully saturated rings. The van der Waals surface area contributed by atoms with Crippen molar-refractivity contribution in [3.8, 4) is 16.9 Å². The van der Waals surface area contributed by atoms with Crippen molar-refractivity contribution >= 4 is 5.71 Å². The number of ether oxygens (including phenoxy) is 1. The highest BCUT2D eigenvalue weighted by molar-refractivity contribution is 6.03. The number of aryl methyl sites for hydroxylation is 1. The predicted molar refractivity (Wildman–Crippen MR) is 122 cm³/mol. The van der Waals surface area contributed by atoms with Crippen LogP contribution in [-0.2, 0) is 0 Å². The van der Waals surface area contributed by atoms with Crippen LogP contribution in [0.25, 0.3) is 11.1 Å². The second-order valence-corrected chi connectivity index (χ2v) is 8.33. The zero-order valence-corrected chi connectivity index (χ0v) is 17.7. The van der Waals surface area contributed by atoms with Crippen LogP contribution in [0.2, 0.25) is 0 Å². The lowest BCUT2D eigenvalue weighted by Gasteiger charge is -2.14. The van der Waals surface area contributed by atoms with Crippen molar-refractivity contribution in [1.82, 2.24) is 0 Å². The summed E-state index contributed by atoms with van der Waals surface area (Å²) in [4.78, 5) is 5.11. The number of benzene rings is 3. The van der Waals surface area contributed by atoms with Crippen LogP contribution >= 0.6 is 0 Å². The van der Waals surface area contributed by atoms with Gasteiger partial charge in [-0.3, -0.25) is 4.99 Å². The van der Waals surface area contributed by atoms with E-state index in [4.69, 9.17) is 9.73 Å². The minimum absolute atomic E-state index is 0.193. The van der Waals surface area contributed by atoms with Crippen LogP contribution in [0.15, 0.2) is 77.8 Å². The molecule has 1 aliphatic rings. The maximum absolute atomic E-state index is 5.74. The highest BCUT2D eigenvalue weighted by atomic mass is 16.5. The molecule has 0 aliphatic carbocycles. The molecular formula is C27H29NO. The monoisotopic (exact) mass is 383 g/mol. The van der Waals surface area contributed by atoms with Crippen LogP contribution in [0.1, 0.15) is 49.9 Å². The van der Waals surface area contributed by atoms with Crippen LogP contribution in [-0.4, -0.2) is 11.8 Å². The zero-order valence-electron chi connectivity index (χ0n) is 17.7. The van der Waals surface area contributed by atoms with Gasteiger partial charge in [0.25, 0.3) is 0 Å². The molecule has 2 atom stereocenters. The number of hydrogen-bond acceptors (Lipinski definition) is 2. The van der Waals surface area contributed by atoms with Crippen molar-refractivity contribution in [1.29, 1.82) is 0 Å². The van der Waals surface area contributed by atoms with Crippen molar-refractivity contribution in [3.05, 3.63) is 89.5 Å². The molecule has 0 bridgehead atoms. The van der Waals surface area contributed by atoms with E-state index in [9.17, 15) is 0 Å². The molecule has 0 amide bonds. The number of nitrogens with zero attached hydrogens (tertiary/aromatic N) is 1. The Morgan fingerprint density at radius 1 is 0.862 bits per heavy atom. The molecule has 2 heteroatoms. The Labute approximate surface area is 174 Å². The summed E-state index contributed by atoms with van der Waals surface area (Å²) in [6, 6.07) is 26.0. The molecule has 29 heavy (non-hydrogen) atoms. The van der Waals surface area contributed by atoms with Crippen LogP contribution in [0.3, 0.4) is 0 Å². The van der Waals surface area contributed by atoms with Gasteiger partial charge in [0.05, 0.1) is 12.1 Å². The third-order valence-corrected chi connectivity index (χ3v) is 5.62. The van der Waals surface area contributed by atoms with Crippen molar-refractivity contribution in [2.24, 2.45) is 10.9 Å². The summed E-state index contributed by atoms with van der Waals surface area (Å²) in [6.07, 6.45) is 1.23. The summed E-state index contributed by atoms with van der Waals surface area (Å²) >= 11 is 0. The van der Waals surface area contributed by atoms with Gasteiger partial charge in [-0.15, -0.1) is 0 Å². The molecule has 0 saturated heterocycles. The van der Waals surface area contributed by atoms with Gasteiger partial charge in [0.15, 0.2) is 0 Å². The third-order valence-electron chi connectivity index (χ3n) is 5.62. The van der Waals surface area contributed by atoms with Crippen molar-refractivity contribution < 1.29 is 4.74 Å². The van der Waals surface area contributed by atoms with Crippen molar-refractivity contribution in [2.75, 3.05) is 0 Å². The highest BCUT2D eigenvalue weighted by Crippen LogP contribution is 2.37. The molecule has 0 radical (unpaired) electrons. The molecule has 1 heterocycles. The minimum Gasteiger partial charge on any atom is -0.491 e. The number of hydrogen-bond donors (Lipinski definition) is 0. The van der Waals surface area contributed by atoms with Crippen LogP contribution in [0.5, 0.6) is 5.75 Å². The predicted octanol–water partition coefficient (Wildman–Crippen LogP) is 7.02. The Bertz CT molecular complexity index is 999. The Morgan fingerprint density at radius 3 is 2.10 bits per heavy atom. The highest BCUT2D eigenvalue weighted by Gasteiger charge is 2.28. The van der Waals surface area contributed by atoms with Crippen LogP contribution in [0, 0.1) is 12.8 Å². The molecule has 0 saturated carbocycles. The van der Waals surface area contributed by atoms with Crippen LogP contribution in [0.4, 0.5) is 0 Å². The van der Waals surface area contributed by atoms with E-state index < -0.39 is 0 Å². The first-order valence-electron chi connectivity index (χ1n) is 10.5. The van der Waals surface area contributed by atoms with E-state index in [0.717, 1.165) is 12.2 Å². The molecule has 0 spiro atoms. The first-order chi connectivity index (χ1) is 14.0. The maximum atomic E-state index is 5.74. The van der Waals surface area contributed by atoms with Gasteiger partial charge in [-0.1, -0.05) is 67.6 Å². The van der Waals surface area contributed by atoms with E-state index in [0.29, 0.717) is 5.92 Å². The maximum Gasteiger partial charge on any atom is 0.119 e. The van der Waals surface area contributed by atoms with E-state index in [1.807, 2.05) is 26.0 Å². The summed E-state index contributed by atoms with van der Waals surface area (Å²) < 4.78 is 5.74. The van der Waals surface area contributed by atoms with Gasteiger partial charge in [0.2, 0.25) is 0 Å². The van der Waals surface area contributed by atoms with Gasteiger partial charge in [0.1, 0.15) is 5.75 Å². The van der Waals surface area contributed by atoms with Gasteiger partial charge < -0.3 is 4.74 Å². The van der Waals surface area contributed by atoms with Crippen LogP contribution < -0.4 is 4.74 Å². The minimum atomic E-state index is 0.193. The molecule has 3 aromatic carbocycles. The number of aliphatic imine (C=N–C) groups is 1. The average Bonchev–Trinajstić information content (AvgIpc) is 3.10. The first kappa shape index (κ1) is 19.4. The van der Waals surface area contributed by atoms with Gasteiger partial charge in [-0.25, -0.2) is 0 Å². The molecule has 3 aromatic rings. The Hall–Kier alpha value is -2.87. The van der Waals surface area contributed by atoms with E-state index in [1.165, 1.54) is 33.5 Å². The van der Waals surface area contributed by atoms with E-state index >= 15 is 0 Å². The molecule has 2 unspecified atom stereocenters. The SMILES string of the molecule is Cc1ccccc1C1=NC(c2ccc(-c3ccc(OC(C)C)cc3)cc2)C(C)C1. The summed E-state index contributed by atoms with van der Waals surface area (Å²) in [6.45, 7) is 8.57. The Morgan fingerprint density at radius 2 is 1.48 bits per heavy atom. The largest absolute Gasteiger partial charge is 0.491 e. The summed E-state index contributed by atoms with van der Waals surface area (Å²) in [5.41, 5.74) is 7.56. The van der Waals surface area contributed by atoms with E-state index in [1.54, 1.807) is 0 Å². The summed E-state index contributed by atoms with van der Waals surface area (Å²) in [5, 5.41) is 0. The fraction of sp³-hybridized carbons (Fsp3) is 0.296. The van der Waals surface area contributed by atoms with Gasteiger partial charge in [0, 0.05) is 5.71 Å². The molecule has 2 nitrogen and oxygen atoms in total. The second kappa shape index (κ2) is 8.24. The molecule has 1 aliphatic heterocycles. The average molecular weight is 384 g/mol. The standard InChI is InChI=1S/C27H29NO/c1-18(2)29-24-15-13-22(14-16-24)21-9-11-23(12-10-21)27-20(4)17-26(28-27)25-8-6-5-7-19(25)3/h5-16,18,20,27H,17H2,1-4H3. The number of rotatable bonds is 5. The van der Waals surface area contributed by atoms with E-state index in [2.05, 4.69) is 74.5 Å². The third kappa shape index (κ3) is 4.27. The lowest BCUT2D eigenvalue weighted by Crippen LogP contribution is -2.05. The fourth-order valence-electron chi connectivity index (χ4n) is 4.11. The Kier molecular flexibility index (Phi) is 5.53. The fourth-order valence-corrected chi connectivity index (χ4v) is 4.11. The quantitative estimate of drug-likeness (QED) is 0.464.